The van der Waals surface area contributed by atoms with E-state index in [1.165, 1.54) is 12.1 Å². The van der Waals surface area contributed by atoms with Gasteiger partial charge in [0.05, 0.1) is 12.2 Å². The quantitative estimate of drug-likeness (QED) is 0.728. The second-order valence-corrected chi connectivity index (χ2v) is 6.53. The van der Waals surface area contributed by atoms with Gasteiger partial charge in [-0.25, -0.2) is 4.98 Å². The highest BCUT2D eigenvalue weighted by Gasteiger charge is 2.29. The lowest BCUT2D eigenvalue weighted by atomic mass is 9.98. The van der Waals surface area contributed by atoms with E-state index in [9.17, 15) is 18.3 Å². The van der Waals surface area contributed by atoms with E-state index < -0.39 is 11.7 Å². The van der Waals surface area contributed by atoms with E-state index in [2.05, 4.69) is 10.1 Å². The van der Waals surface area contributed by atoms with Crippen molar-refractivity contribution in [2.75, 3.05) is 6.61 Å². The maximum absolute atomic E-state index is 12.7. The zero-order valence-electron chi connectivity index (χ0n) is 15.0. The number of hydrogen-bond donors (Lipinski definition) is 1. The Labute approximate surface area is 155 Å². The number of aryl methyl sites for hydroxylation is 1. The highest BCUT2D eigenvalue weighted by molar-refractivity contribution is 5.61. The van der Waals surface area contributed by atoms with Crippen molar-refractivity contribution in [3.8, 4) is 11.4 Å². The molecule has 1 atom stereocenters. The van der Waals surface area contributed by atoms with Gasteiger partial charge in [0.1, 0.15) is 5.82 Å². The smallest absolute Gasteiger partial charge is 0.396 e. The van der Waals surface area contributed by atoms with Crippen LogP contribution in [-0.4, -0.2) is 26.5 Å². The largest absolute Gasteiger partial charge is 0.416 e. The van der Waals surface area contributed by atoms with Gasteiger partial charge < -0.3 is 5.11 Å². The Hall–Kier alpha value is -2.67. The van der Waals surface area contributed by atoms with Gasteiger partial charge in [-0.3, -0.25) is 4.68 Å². The lowest BCUT2D eigenvalue weighted by Gasteiger charge is -2.09. The number of aromatic nitrogens is 3. The lowest BCUT2D eigenvalue weighted by molar-refractivity contribution is -0.137. The average Bonchev–Trinajstić information content (AvgIpc) is 3.03. The van der Waals surface area contributed by atoms with Crippen LogP contribution >= 0.6 is 0 Å². The van der Waals surface area contributed by atoms with Crippen molar-refractivity contribution in [3.63, 3.8) is 0 Å². The van der Waals surface area contributed by atoms with Crippen LogP contribution in [0.3, 0.4) is 0 Å². The van der Waals surface area contributed by atoms with E-state index in [-0.39, 0.29) is 12.5 Å². The predicted octanol–water partition coefficient (Wildman–Crippen LogP) is 4.19. The summed E-state index contributed by atoms with van der Waals surface area (Å²) in [6.45, 7) is 1.83. The number of rotatable bonds is 5. The molecule has 0 amide bonds. The first kappa shape index (κ1) is 19.1. The number of aliphatic hydroxyl groups is 1. The molecule has 0 radical (unpaired) electrons. The molecule has 0 saturated heterocycles. The Bertz CT molecular complexity index is 917. The van der Waals surface area contributed by atoms with Crippen LogP contribution < -0.4 is 0 Å². The molecule has 1 N–H and O–H groups in total. The highest BCUT2D eigenvalue weighted by Crippen LogP contribution is 2.30. The van der Waals surface area contributed by atoms with Gasteiger partial charge in [0.2, 0.25) is 0 Å². The standard InChI is InChI=1S/C20H20F3N3O/c1-13(12-27)19-24-18(25-26(19)2)17-6-4-3-5-15(17)11-14-7-9-16(10-8-14)20(21,22)23/h3-10,13,27H,11-12H2,1-2H3. The fraction of sp³-hybridized carbons (Fsp3) is 0.300. The molecule has 0 aliphatic carbocycles. The van der Waals surface area contributed by atoms with E-state index in [0.29, 0.717) is 18.1 Å². The maximum atomic E-state index is 12.7. The average molecular weight is 375 g/mol. The third-order valence-electron chi connectivity index (χ3n) is 4.45. The molecule has 0 spiro atoms. The van der Waals surface area contributed by atoms with Crippen LogP contribution in [0.2, 0.25) is 0 Å². The minimum Gasteiger partial charge on any atom is -0.396 e. The van der Waals surface area contributed by atoms with E-state index in [1.54, 1.807) is 11.7 Å². The summed E-state index contributed by atoms with van der Waals surface area (Å²) in [7, 11) is 1.77. The molecule has 1 aromatic heterocycles. The number of halogens is 3. The minimum atomic E-state index is -4.34. The van der Waals surface area contributed by atoms with Gasteiger partial charge in [-0.1, -0.05) is 43.3 Å². The summed E-state index contributed by atoms with van der Waals surface area (Å²) in [6.07, 6.45) is -3.87. The van der Waals surface area contributed by atoms with E-state index in [4.69, 9.17) is 0 Å². The highest BCUT2D eigenvalue weighted by atomic mass is 19.4. The number of aliphatic hydroxyl groups excluding tert-OH is 1. The summed E-state index contributed by atoms with van der Waals surface area (Å²) in [5, 5.41) is 13.8. The zero-order chi connectivity index (χ0) is 19.6. The SMILES string of the molecule is CC(CO)c1nc(-c2ccccc2Cc2ccc(C(F)(F)F)cc2)nn1C. The van der Waals surface area contributed by atoms with E-state index in [0.717, 1.165) is 28.8 Å². The van der Waals surface area contributed by atoms with Crippen LogP contribution in [0.5, 0.6) is 0 Å². The molecule has 3 aromatic rings. The van der Waals surface area contributed by atoms with Gasteiger partial charge in [-0.05, 0) is 29.7 Å². The van der Waals surface area contributed by atoms with Crippen molar-refractivity contribution in [2.45, 2.75) is 25.4 Å². The zero-order valence-corrected chi connectivity index (χ0v) is 15.0. The Balaban J connectivity index is 1.91. The molecule has 0 aliphatic rings. The van der Waals surface area contributed by atoms with Gasteiger partial charge in [0.15, 0.2) is 5.82 Å². The second kappa shape index (κ2) is 7.52. The first-order chi connectivity index (χ1) is 12.8. The van der Waals surface area contributed by atoms with Crippen molar-refractivity contribution in [3.05, 3.63) is 71.0 Å². The summed E-state index contributed by atoms with van der Waals surface area (Å²) in [4.78, 5) is 4.54. The first-order valence-electron chi connectivity index (χ1n) is 8.55. The molecule has 0 bridgehead atoms. The molecule has 3 rings (SSSR count). The maximum Gasteiger partial charge on any atom is 0.416 e. The Morgan fingerprint density at radius 3 is 2.37 bits per heavy atom. The fourth-order valence-electron chi connectivity index (χ4n) is 2.95. The summed E-state index contributed by atoms with van der Waals surface area (Å²) in [6, 6.07) is 12.7. The molecular weight excluding hydrogens is 355 g/mol. The van der Waals surface area contributed by atoms with Gasteiger partial charge in [0.25, 0.3) is 0 Å². The molecule has 27 heavy (non-hydrogen) atoms. The number of benzene rings is 2. The van der Waals surface area contributed by atoms with Crippen molar-refractivity contribution in [1.29, 1.82) is 0 Å². The normalized spacial score (nSPS) is 13.0. The van der Waals surface area contributed by atoms with E-state index >= 15 is 0 Å². The molecule has 1 heterocycles. The van der Waals surface area contributed by atoms with Gasteiger partial charge in [-0.15, -0.1) is 0 Å². The lowest BCUT2D eigenvalue weighted by Crippen LogP contribution is -2.07. The Morgan fingerprint density at radius 2 is 1.74 bits per heavy atom. The monoisotopic (exact) mass is 375 g/mol. The molecule has 7 heteroatoms. The third kappa shape index (κ3) is 4.19. The molecule has 142 valence electrons. The minimum absolute atomic E-state index is 0.0286. The predicted molar refractivity (Wildman–Crippen MR) is 96.2 cm³/mol. The summed E-state index contributed by atoms with van der Waals surface area (Å²) in [5.74, 6) is 1.07. The van der Waals surface area contributed by atoms with Crippen molar-refractivity contribution < 1.29 is 18.3 Å². The van der Waals surface area contributed by atoms with Crippen molar-refractivity contribution in [2.24, 2.45) is 7.05 Å². The van der Waals surface area contributed by atoms with Crippen LogP contribution in [0.25, 0.3) is 11.4 Å². The molecule has 1 unspecified atom stereocenters. The van der Waals surface area contributed by atoms with Crippen LogP contribution in [-0.2, 0) is 19.6 Å². The second-order valence-electron chi connectivity index (χ2n) is 6.53. The summed E-state index contributed by atoms with van der Waals surface area (Å²) < 4.78 is 39.8. The van der Waals surface area contributed by atoms with Gasteiger partial charge >= 0.3 is 6.18 Å². The van der Waals surface area contributed by atoms with Crippen molar-refractivity contribution >= 4 is 0 Å². The number of alkyl halides is 3. The Kier molecular flexibility index (Phi) is 5.32. The Morgan fingerprint density at radius 1 is 1.07 bits per heavy atom. The number of nitrogens with zero attached hydrogens (tertiary/aromatic N) is 3. The molecule has 0 saturated carbocycles. The molecule has 0 aliphatic heterocycles. The molecule has 0 fully saturated rings. The topological polar surface area (TPSA) is 50.9 Å². The summed E-state index contributed by atoms with van der Waals surface area (Å²) >= 11 is 0. The number of hydrogen-bond acceptors (Lipinski definition) is 3. The van der Waals surface area contributed by atoms with Crippen molar-refractivity contribution in [1.82, 2.24) is 14.8 Å². The molecule has 4 nitrogen and oxygen atoms in total. The van der Waals surface area contributed by atoms with E-state index in [1.807, 2.05) is 31.2 Å². The van der Waals surface area contributed by atoms with Crippen LogP contribution in [0, 0.1) is 0 Å². The van der Waals surface area contributed by atoms with Crippen LogP contribution in [0.1, 0.15) is 35.4 Å². The third-order valence-corrected chi connectivity index (χ3v) is 4.45. The van der Waals surface area contributed by atoms with Crippen LogP contribution in [0.4, 0.5) is 13.2 Å². The first-order valence-corrected chi connectivity index (χ1v) is 8.55. The van der Waals surface area contributed by atoms with Gasteiger partial charge in [-0.2, -0.15) is 18.3 Å². The van der Waals surface area contributed by atoms with Crippen LogP contribution in [0.15, 0.2) is 48.5 Å². The molecular formula is C20H20F3N3O. The fourth-order valence-corrected chi connectivity index (χ4v) is 2.95. The van der Waals surface area contributed by atoms with Gasteiger partial charge in [0, 0.05) is 18.5 Å². The molecule has 2 aromatic carbocycles. The summed E-state index contributed by atoms with van der Waals surface area (Å²) in [5.41, 5.74) is 1.86.